The maximum absolute atomic E-state index is 4.67. The van der Waals surface area contributed by atoms with Gasteiger partial charge in [0.25, 0.3) is 0 Å². The molecule has 1 atom stereocenters. The number of thiophene rings is 1. The van der Waals surface area contributed by atoms with Gasteiger partial charge in [-0.25, -0.2) is 9.97 Å². The average Bonchev–Trinajstić information content (AvgIpc) is 3.41. The summed E-state index contributed by atoms with van der Waals surface area (Å²) < 4.78 is 2.15. The Hall–Kier alpha value is -2.80. The molecule has 6 nitrogen and oxygen atoms in total. The molecule has 1 aromatic carbocycles. The molecule has 0 spiro atoms. The topological polar surface area (TPSA) is 59.7 Å². The molecule has 3 aromatic heterocycles. The Bertz CT molecular complexity index is 1090. The third-order valence-corrected chi connectivity index (χ3v) is 6.53. The number of aromatic nitrogens is 5. The Kier molecular flexibility index (Phi) is 4.52. The SMILES string of the molecule is CCn1cnnc1[C@@H]1CCCN(c2ncnc3sc(-c4ccccc4)cc23)C1. The second kappa shape index (κ2) is 7.31. The summed E-state index contributed by atoms with van der Waals surface area (Å²) in [5.74, 6) is 2.51. The van der Waals surface area contributed by atoms with Crippen molar-refractivity contribution in [2.75, 3.05) is 18.0 Å². The molecule has 1 aliphatic heterocycles. The number of rotatable bonds is 4. The van der Waals surface area contributed by atoms with Gasteiger partial charge in [0.15, 0.2) is 0 Å². The molecular formula is C21H22N6S. The Morgan fingerprint density at radius 1 is 1.18 bits per heavy atom. The van der Waals surface area contributed by atoms with Gasteiger partial charge >= 0.3 is 0 Å². The third kappa shape index (κ3) is 3.05. The first-order valence-electron chi connectivity index (χ1n) is 9.76. The fraction of sp³-hybridized carbons (Fsp3) is 0.333. The summed E-state index contributed by atoms with van der Waals surface area (Å²) in [5.41, 5.74) is 1.23. The third-order valence-electron chi connectivity index (χ3n) is 5.44. The van der Waals surface area contributed by atoms with Gasteiger partial charge in [-0.1, -0.05) is 30.3 Å². The van der Waals surface area contributed by atoms with Crippen molar-refractivity contribution in [3.63, 3.8) is 0 Å². The molecule has 0 N–H and O–H groups in total. The second-order valence-electron chi connectivity index (χ2n) is 7.15. The van der Waals surface area contributed by atoms with E-state index in [-0.39, 0.29) is 0 Å². The Morgan fingerprint density at radius 3 is 2.93 bits per heavy atom. The summed E-state index contributed by atoms with van der Waals surface area (Å²) in [4.78, 5) is 13.9. The average molecular weight is 391 g/mol. The fourth-order valence-corrected chi connectivity index (χ4v) is 5.04. The lowest BCUT2D eigenvalue weighted by molar-refractivity contribution is 0.471. The van der Waals surface area contributed by atoms with Crippen LogP contribution in [0.15, 0.2) is 49.1 Å². The van der Waals surface area contributed by atoms with Crippen molar-refractivity contribution in [1.82, 2.24) is 24.7 Å². The molecule has 0 radical (unpaired) electrons. The molecule has 0 amide bonds. The number of hydrogen-bond acceptors (Lipinski definition) is 6. The maximum Gasteiger partial charge on any atom is 0.140 e. The van der Waals surface area contributed by atoms with Crippen molar-refractivity contribution in [3.05, 3.63) is 54.9 Å². The molecule has 0 aliphatic carbocycles. The summed E-state index contributed by atoms with van der Waals surface area (Å²) in [6.07, 6.45) is 5.80. The van der Waals surface area contributed by atoms with Crippen LogP contribution in [0.1, 0.15) is 31.5 Å². The van der Waals surface area contributed by atoms with Gasteiger partial charge in [0.1, 0.15) is 29.1 Å². The normalized spacial score (nSPS) is 17.3. The largest absolute Gasteiger partial charge is 0.355 e. The molecule has 0 unspecified atom stereocenters. The highest BCUT2D eigenvalue weighted by Gasteiger charge is 2.27. The van der Waals surface area contributed by atoms with Gasteiger partial charge in [0.2, 0.25) is 0 Å². The van der Waals surface area contributed by atoms with E-state index in [4.69, 9.17) is 0 Å². The van der Waals surface area contributed by atoms with E-state index in [1.165, 1.54) is 10.4 Å². The fourth-order valence-electron chi connectivity index (χ4n) is 4.04. The van der Waals surface area contributed by atoms with E-state index < -0.39 is 0 Å². The van der Waals surface area contributed by atoms with Crippen LogP contribution in [0.25, 0.3) is 20.7 Å². The minimum Gasteiger partial charge on any atom is -0.355 e. The van der Waals surface area contributed by atoms with Crippen molar-refractivity contribution in [3.8, 4) is 10.4 Å². The number of piperidine rings is 1. The van der Waals surface area contributed by atoms with E-state index in [0.717, 1.165) is 54.3 Å². The summed E-state index contributed by atoms with van der Waals surface area (Å²) >= 11 is 1.73. The minimum atomic E-state index is 0.383. The van der Waals surface area contributed by atoms with Crippen molar-refractivity contribution >= 4 is 27.4 Å². The zero-order chi connectivity index (χ0) is 18.9. The van der Waals surface area contributed by atoms with Crippen molar-refractivity contribution in [2.24, 2.45) is 0 Å². The van der Waals surface area contributed by atoms with Gasteiger partial charge in [-0.05, 0) is 31.4 Å². The van der Waals surface area contributed by atoms with E-state index in [0.29, 0.717) is 5.92 Å². The number of anilines is 1. The van der Waals surface area contributed by atoms with Gasteiger partial charge in [-0.15, -0.1) is 21.5 Å². The molecule has 28 heavy (non-hydrogen) atoms. The van der Waals surface area contributed by atoms with Crippen molar-refractivity contribution in [2.45, 2.75) is 32.2 Å². The van der Waals surface area contributed by atoms with E-state index in [1.807, 2.05) is 12.4 Å². The van der Waals surface area contributed by atoms with Crippen LogP contribution >= 0.6 is 11.3 Å². The van der Waals surface area contributed by atoms with Crippen LogP contribution in [-0.4, -0.2) is 37.8 Å². The zero-order valence-electron chi connectivity index (χ0n) is 15.8. The van der Waals surface area contributed by atoms with Gasteiger partial charge in [0.05, 0.1) is 5.39 Å². The number of aryl methyl sites for hydroxylation is 1. The van der Waals surface area contributed by atoms with Crippen molar-refractivity contribution in [1.29, 1.82) is 0 Å². The minimum absolute atomic E-state index is 0.383. The highest BCUT2D eigenvalue weighted by molar-refractivity contribution is 7.21. The van der Waals surface area contributed by atoms with E-state index in [9.17, 15) is 0 Å². The molecule has 0 saturated carbocycles. The lowest BCUT2D eigenvalue weighted by Gasteiger charge is -2.33. The highest BCUT2D eigenvalue weighted by Crippen LogP contribution is 2.37. The predicted octanol–water partition coefficient (Wildman–Crippen LogP) is 4.35. The standard InChI is InChI=1S/C21H22N6S/c1-2-26-14-24-25-19(26)16-9-6-10-27(12-16)20-17-11-18(15-7-4-3-5-8-15)28-21(17)23-13-22-20/h3-5,7-8,11,13-14,16H,2,6,9-10,12H2,1H3/t16-/m1/s1. The van der Waals surface area contributed by atoms with Crippen LogP contribution in [0.4, 0.5) is 5.82 Å². The van der Waals surface area contributed by atoms with Crippen LogP contribution in [0.3, 0.4) is 0 Å². The molecule has 7 heteroatoms. The van der Waals surface area contributed by atoms with E-state index in [1.54, 1.807) is 17.7 Å². The summed E-state index contributed by atoms with van der Waals surface area (Å²) in [7, 11) is 0. The van der Waals surface area contributed by atoms with Crippen LogP contribution in [0, 0.1) is 0 Å². The second-order valence-corrected chi connectivity index (χ2v) is 8.18. The molecule has 5 rings (SSSR count). The van der Waals surface area contributed by atoms with Gasteiger partial charge in [-0.3, -0.25) is 0 Å². The van der Waals surface area contributed by atoms with E-state index >= 15 is 0 Å². The Labute approximate surface area is 167 Å². The van der Waals surface area contributed by atoms with Crippen molar-refractivity contribution < 1.29 is 0 Å². The number of nitrogens with zero attached hydrogens (tertiary/aromatic N) is 6. The van der Waals surface area contributed by atoms with Crippen LogP contribution in [-0.2, 0) is 6.54 Å². The van der Waals surface area contributed by atoms with Crippen LogP contribution in [0.2, 0.25) is 0 Å². The first-order valence-corrected chi connectivity index (χ1v) is 10.6. The van der Waals surface area contributed by atoms with Gasteiger partial charge in [0, 0.05) is 30.4 Å². The van der Waals surface area contributed by atoms with Gasteiger partial charge in [-0.2, -0.15) is 0 Å². The van der Waals surface area contributed by atoms with Crippen LogP contribution < -0.4 is 4.90 Å². The van der Waals surface area contributed by atoms with Gasteiger partial charge < -0.3 is 9.47 Å². The quantitative estimate of drug-likeness (QED) is 0.518. The molecule has 0 bridgehead atoms. The van der Waals surface area contributed by atoms with Crippen LogP contribution in [0.5, 0.6) is 0 Å². The summed E-state index contributed by atoms with van der Waals surface area (Å²) in [5, 5.41) is 9.67. The maximum atomic E-state index is 4.67. The smallest absolute Gasteiger partial charge is 0.140 e. The first kappa shape index (κ1) is 17.3. The highest BCUT2D eigenvalue weighted by atomic mass is 32.1. The molecule has 1 aliphatic rings. The Morgan fingerprint density at radius 2 is 2.07 bits per heavy atom. The van der Waals surface area contributed by atoms with E-state index in [2.05, 4.69) is 66.9 Å². The molecule has 1 fully saturated rings. The summed E-state index contributed by atoms with van der Waals surface area (Å²) in [6, 6.07) is 12.7. The molecule has 4 heterocycles. The lowest BCUT2D eigenvalue weighted by Crippen LogP contribution is -2.36. The first-order chi connectivity index (χ1) is 13.8. The monoisotopic (exact) mass is 390 g/mol. The molecular weight excluding hydrogens is 368 g/mol. The lowest BCUT2D eigenvalue weighted by atomic mass is 9.97. The molecule has 4 aromatic rings. The Balaban J connectivity index is 1.49. The molecule has 142 valence electrons. The number of fused-ring (bicyclic) bond motifs is 1. The molecule has 1 saturated heterocycles. The number of benzene rings is 1. The summed E-state index contributed by atoms with van der Waals surface area (Å²) in [6.45, 7) is 4.97. The predicted molar refractivity (Wildman–Crippen MR) is 113 cm³/mol. The zero-order valence-corrected chi connectivity index (χ0v) is 16.6. The number of hydrogen-bond donors (Lipinski definition) is 0.